The summed E-state index contributed by atoms with van der Waals surface area (Å²) < 4.78 is 0. The van der Waals surface area contributed by atoms with Gasteiger partial charge in [0.15, 0.2) is 0 Å². The molecule has 4 nitrogen and oxygen atoms in total. The van der Waals surface area contributed by atoms with Gasteiger partial charge in [-0.15, -0.1) is 0 Å². The minimum Gasteiger partial charge on any atom is -0.354 e. The molecule has 2 unspecified atom stereocenters. The topological polar surface area (TPSA) is 35.6 Å². The van der Waals surface area contributed by atoms with E-state index < -0.39 is 0 Å². The summed E-state index contributed by atoms with van der Waals surface area (Å²) >= 11 is 6.04. The second-order valence-electron chi connectivity index (χ2n) is 7.28. The Kier molecular flexibility index (Phi) is 5.80. The standard InChI is InChI=1S/C19H28ClN3O/c1-14(15-3-4-15)19(24)21-13-18(16-5-7-17(20)8-6-16)23-11-9-22(2)10-12-23/h5-8,14-15,18H,3-4,9-13H2,1-2H3,(H,21,24). The average molecular weight is 350 g/mol. The normalized spacial score (nSPS) is 22.1. The number of carbonyl (C=O) groups is 1. The molecule has 2 aliphatic rings. The lowest BCUT2D eigenvalue weighted by atomic mass is 10.0. The molecule has 2 atom stereocenters. The highest BCUT2D eigenvalue weighted by molar-refractivity contribution is 6.30. The van der Waals surface area contributed by atoms with Crippen LogP contribution in [0.5, 0.6) is 0 Å². The minimum absolute atomic E-state index is 0.142. The minimum atomic E-state index is 0.142. The van der Waals surface area contributed by atoms with Gasteiger partial charge in [0.05, 0.1) is 6.04 Å². The number of nitrogens with one attached hydrogen (secondary N) is 1. The van der Waals surface area contributed by atoms with Gasteiger partial charge in [0.1, 0.15) is 0 Å². The molecule has 1 aromatic carbocycles. The smallest absolute Gasteiger partial charge is 0.223 e. The number of piperazine rings is 1. The first-order chi connectivity index (χ1) is 11.5. The first kappa shape index (κ1) is 17.7. The Labute approximate surface area is 150 Å². The van der Waals surface area contributed by atoms with Gasteiger partial charge in [0, 0.05) is 43.7 Å². The predicted molar refractivity (Wildman–Crippen MR) is 98.2 cm³/mol. The number of hydrogen-bond donors (Lipinski definition) is 1. The molecule has 0 spiro atoms. The van der Waals surface area contributed by atoms with E-state index in [9.17, 15) is 4.79 Å². The van der Waals surface area contributed by atoms with Crippen molar-refractivity contribution >= 4 is 17.5 Å². The van der Waals surface area contributed by atoms with Crippen molar-refractivity contribution in [2.45, 2.75) is 25.8 Å². The molecule has 0 bridgehead atoms. The van der Waals surface area contributed by atoms with Crippen molar-refractivity contribution in [1.29, 1.82) is 0 Å². The maximum atomic E-state index is 12.4. The van der Waals surface area contributed by atoms with Crippen LogP contribution in [0, 0.1) is 11.8 Å². The van der Waals surface area contributed by atoms with Crippen molar-refractivity contribution in [3.8, 4) is 0 Å². The first-order valence-corrected chi connectivity index (χ1v) is 9.38. The molecule has 1 aliphatic heterocycles. The second kappa shape index (κ2) is 7.85. The summed E-state index contributed by atoms with van der Waals surface area (Å²) in [5, 5.41) is 3.95. The van der Waals surface area contributed by atoms with E-state index in [4.69, 9.17) is 11.6 Å². The van der Waals surface area contributed by atoms with Gasteiger partial charge in [-0.3, -0.25) is 9.69 Å². The lowest BCUT2D eigenvalue weighted by Gasteiger charge is -2.38. The highest BCUT2D eigenvalue weighted by atomic mass is 35.5. The van der Waals surface area contributed by atoms with E-state index in [1.54, 1.807) is 0 Å². The van der Waals surface area contributed by atoms with Crippen LogP contribution in [0.25, 0.3) is 0 Å². The van der Waals surface area contributed by atoms with Gasteiger partial charge in [0.2, 0.25) is 5.91 Å². The molecule has 0 aromatic heterocycles. The molecule has 0 radical (unpaired) electrons. The van der Waals surface area contributed by atoms with Crippen molar-refractivity contribution in [1.82, 2.24) is 15.1 Å². The molecular weight excluding hydrogens is 322 g/mol. The largest absolute Gasteiger partial charge is 0.354 e. The third-order valence-corrected chi connectivity index (χ3v) is 5.70. The summed E-state index contributed by atoms with van der Waals surface area (Å²) in [6.45, 7) is 6.91. The number of nitrogens with zero attached hydrogens (tertiary/aromatic N) is 2. The van der Waals surface area contributed by atoms with Gasteiger partial charge in [-0.1, -0.05) is 30.7 Å². The molecule has 1 saturated heterocycles. The Balaban J connectivity index is 1.66. The number of hydrogen-bond acceptors (Lipinski definition) is 3. The molecular formula is C19H28ClN3O. The molecule has 1 aliphatic carbocycles. The zero-order valence-electron chi connectivity index (χ0n) is 14.7. The summed E-state index contributed by atoms with van der Waals surface area (Å²) in [4.78, 5) is 17.2. The first-order valence-electron chi connectivity index (χ1n) is 9.00. The van der Waals surface area contributed by atoms with Crippen LogP contribution < -0.4 is 5.32 Å². The highest BCUT2D eigenvalue weighted by Crippen LogP contribution is 2.36. The molecule has 132 valence electrons. The van der Waals surface area contributed by atoms with E-state index in [0.29, 0.717) is 12.5 Å². The summed E-state index contributed by atoms with van der Waals surface area (Å²) in [6, 6.07) is 8.26. The van der Waals surface area contributed by atoms with Crippen molar-refractivity contribution < 1.29 is 4.79 Å². The Bertz CT molecular complexity index is 550. The third-order valence-electron chi connectivity index (χ3n) is 5.45. The molecule has 3 rings (SSSR count). The maximum absolute atomic E-state index is 12.4. The van der Waals surface area contributed by atoms with Crippen molar-refractivity contribution in [2.75, 3.05) is 39.8 Å². The van der Waals surface area contributed by atoms with E-state index >= 15 is 0 Å². The number of carbonyl (C=O) groups excluding carboxylic acids is 1. The van der Waals surface area contributed by atoms with E-state index in [1.807, 2.05) is 12.1 Å². The van der Waals surface area contributed by atoms with E-state index in [0.717, 1.165) is 31.2 Å². The SMILES string of the molecule is CC(C(=O)NCC(c1ccc(Cl)cc1)N1CCN(C)CC1)C1CC1. The number of amides is 1. The van der Waals surface area contributed by atoms with Gasteiger partial charge in [0.25, 0.3) is 0 Å². The lowest BCUT2D eigenvalue weighted by Crippen LogP contribution is -2.48. The molecule has 2 fully saturated rings. The zero-order chi connectivity index (χ0) is 17.1. The molecule has 1 heterocycles. The quantitative estimate of drug-likeness (QED) is 0.857. The zero-order valence-corrected chi connectivity index (χ0v) is 15.4. The fraction of sp³-hybridized carbons (Fsp3) is 0.632. The summed E-state index contributed by atoms with van der Waals surface area (Å²) in [5.74, 6) is 0.941. The molecule has 24 heavy (non-hydrogen) atoms. The van der Waals surface area contributed by atoms with Crippen LogP contribution in [0.2, 0.25) is 5.02 Å². The van der Waals surface area contributed by atoms with Gasteiger partial charge in [-0.25, -0.2) is 0 Å². The third kappa shape index (κ3) is 4.50. The van der Waals surface area contributed by atoms with Crippen LogP contribution in [-0.2, 0) is 4.79 Å². The predicted octanol–water partition coefficient (Wildman–Crippen LogP) is 2.79. The van der Waals surface area contributed by atoms with Gasteiger partial charge < -0.3 is 10.2 Å². The number of likely N-dealkylation sites (N-methyl/N-ethyl adjacent to an activating group) is 1. The van der Waals surface area contributed by atoms with E-state index in [1.165, 1.54) is 18.4 Å². The second-order valence-corrected chi connectivity index (χ2v) is 7.71. The van der Waals surface area contributed by atoms with Crippen LogP contribution in [0.3, 0.4) is 0 Å². The van der Waals surface area contributed by atoms with Gasteiger partial charge >= 0.3 is 0 Å². The Morgan fingerprint density at radius 1 is 1.21 bits per heavy atom. The molecule has 1 saturated carbocycles. The van der Waals surface area contributed by atoms with Crippen molar-refractivity contribution in [2.24, 2.45) is 11.8 Å². The Morgan fingerprint density at radius 3 is 2.42 bits per heavy atom. The van der Waals surface area contributed by atoms with Crippen LogP contribution in [0.15, 0.2) is 24.3 Å². The Morgan fingerprint density at radius 2 is 1.83 bits per heavy atom. The number of benzene rings is 1. The lowest BCUT2D eigenvalue weighted by molar-refractivity contribution is -0.125. The average Bonchev–Trinajstić information content (AvgIpc) is 3.42. The molecule has 1 aromatic rings. The fourth-order valence-electron chi connectivity index (χ4n) is 3.44. The number of halogens is 1. The van der Waals surface area contributed by atoms with E-state index in [2.05, 4.69) is 41.2 Å². The highest BCUT2D eigenvalue weighted by Gasteiger charge is 2.33. The Hall–Kier alpha value is -1.10. The molecule has 1 amide bonds. The van der Waals surface area contributed by atoms with Crippen LogP contribution in [0.4, 0.5) is 0 Å². The van der Waals surface area contributed by atoms with Crippen molar-refractivity contribution in [3.05, 3.63) is 34.9 Å². The van der Waals surface area contributed by atoms with Gasteiger partial charge in [-0.05, 0) is 43.5 Å². The number of rotatable bonds is 6. The van der Waals surface area contributed by atoms with E-state index in [-0.39, 0.29) is 17.9 Å². The molecule has 5 heteroatoms. The summed E-state index contributed by atoms with van der Waals surface area (Å²) in [5.41, 5.74) is 1.23. The van der Waals surface area contributed by atoms with Gasteiger partial charge in [-0.2, -0.15) is 0 Å². The van der Waals surface area contributed by atoms with Crippen molar-refractivity contribution in [3.63, 3.8) is 0 Å². The maximum Gasteiger partial charge on any atom is 0.223 e. The van der Waals surface area contributed by atoms with Crippen LogP contribution in [0.1, 0.15) is 31.4 Å². The summed E-state index contributed by atoms with van der Waals surface area (Å²) in [6.07, 6.45) is 2.40. The summed E-state index contributed by atoms with van der Waals surface area (Å²) in [7, 11) is 2.16. The molecule has 1 N–H and O–H groups in total. The van der Waals surface area contributed by atoms with Crippen LogP contribution in [-0.4, -0.2) is 55.5 Å². The van der Waals surface area contributed by atoms with Crippen LogP contribution >= 0.6 is 11.6 Å². The fourth-order valence-corrected chi connectivity index (χ4v) is 3.57. The monoisotopic (exact) mass is 349 g/mol.